The summed E-state index contributed by atoms with van der Waals surface area (Å²) in [5.41, 5.74) is 11.5. The number of aliphatic carboxylic acids is 2. The normalized spacial score (nSPS) is 14.1. The van der Waals surface area contributed by atoms with Gasteiger partial charge < -0.3 is 37.6 Å². The Labute approximate surface area is 214 Å². The fourth-order valence-corrected chi connectivity index (χ4v) is 3.34. The lowest BCUT2D eigenvalue weighted by molar-refractivity contribution is -0.143. The molecule has 0 radical (unpaired) electrons. The monoisotopic (exact) mass is 521 g/mol. The molecule has 4 unspecified atom stereocenters. The number of hydrogen-bond acceptors (Lipinski definition) is 7. The molecule has 0 aliphatic heterocycles. The number of nitrogens with one attached hydrogen (secondary N) is 3. The third-order valence-corrected chi connectivity index (χ3v) is 5.46. The minimum Gasteiger partial charge on any atom is -0.481 e. The van der Waals surface area contributed by atoms with Gasteiger partial charge in [0.25, 0.3) is 0 Å². The highest BCUT2D eigenvalue weighted by Crippen LogP contribution is 2.09. The van der Waals surface area contributed by atoms with Crippen LogP contribution < -0.4 is 27.4 Å². The summed E-state index contributed by atoms with van der Waals surface area (Å²) in [6.07, 6.45) is -0.958. The summed E-state index contributed by atoms with van der Waals surface area (Å²) in [5, 5.41) is 25.6. The molecule has 1 aromatic carbocycles. The highest BCUT2D eigenvalue weighted by Gasteiger charge is 2.32. The molecular formula is C24H35N5O8. The van der Waals surface area contributed by atoms with Crippen LogP contribution in [0.5, 0.6) is 0 Å². The van der Waals surface area contributed by atoms with Gasteiger partial charge in [0.15, 0.2) is 0 Å². The molecule has 0 fully saturated rings. The van der Waals surface area contributed by atoms with Crippen LogP contribution >= 0.6 is 0 Å². The van der Waals surface area contributed by atoms with Crippen molar-refractivity contribution in [2.24, 2.45) is 17.4 Å². The molecule has 4 amide bonds. The van der Waals surface area contributed by atoms with Crippen molar-refractivity contribution in [3.8, 4) is 0 Å². The average Bonchev–Trinajstić information content (AvgIpc) is 2.82. The minimum absolute atomic E-state index is 0.000566. The van der Waals surface area contributed by atoms with Crippen LogP contribution in [0.25, 0.3) is 0 Å². The first-order chi connectivity index (χ1) is 17.3. The zero-order chi connectivity index (χ0) is 28.1. The molecule has 204 valence electrons. The van der Waals surface area contributed by atoms with Crippen LogP contribution in [0.15, 0.2) is 30.3 Å². The summed E-state index contributed by atoms with van der Waals surface area (Å²) in [4.78, 5) is 72.0. The topological polar surface area (TPSA) is 231 Å². The van der Waals surface area contributed by atoms with Crippen molar-refractivity contribution in [2.45, 2.75) is 70.1 Å². The van der Waals surface area contributed by atoms with Gasteiger partial charge in [0.1, 0.15) is 18.1 Å². The number of hydrogen-bond donors (Lipinski definition) is 7. The number of carboxylic acid groups (broad SMARTS) is 2. The molecule has 4 atom stereocenters. The van der Waals surface area contributed by atoms with Crippen molar-refractivity contribution in [1.82, 2.24) is 16.0 Å². The molecule has 0 spiro atoms. The molecule has 37 heavy (non-hydrogen) atoms. The lowest BCUT2D eigenvalue weighted by Gasteiger charge is -2.27. The molecule has 0 saturated heterocycles. The van der Waals surface area contributed by atoms with Gasteiger partial charge in [0.05, 0.1) is 6.04 Å². The van der Waals surface area contributed by atoms with E-state index in [2.05, 4.69) is 16.0 Å². The molecule has 0 aliphatic carbocycles. The van der Waals surface area contributed by atoms with Gasteiger partial charge in [0.2, 0.25) is 23.6 Å². The van der Waals surface area contributed by atoms with E-state index in [4.69, 9.17) is 16.6 Å². The smallest absolute Gasteiger partial charge is 0.326 e. The van der Waals surface area contributed by atoms with Gasteiger partial charge in [0, 0.05) is 19.3 Å². The molecule has 0 aromatic heterocycles. The average molecular weight is 522 g/mol. The van der Waals surface area contributed by atoms with Gasteiger partial charge in [-0.1, -0.05) is 44.2 Å². The Hall–Kier alpha value is -4.00. The molecule has 0 saturated carbocycles. The highest BCUT2D eigenvalue weighted by molar-refractivity contribution is 5.94. The number of carbonyl (C=O) groups excluding carboxylic acids is 4. The second kappa shape index (κ2) is 15.2. The maximum absolute atomic E-state index is 13.1. The summed E-state index contributed by atoms with van der Waals surface area (Å²) >= 11 is 0. The van der Waals surface area contributed by atoms with E-state index in [0.29, 0.717) is 5.56 Å². The molecular weight excluding hydrogens is 486 g/mol. The Kier molecular flexibility index (Phi) is 12.7. The zero-order valence-corrected chi connectivity index (χ0v) is 20.8. The third kappa shape index (κ3) is 11.5. The van der Waals surface area contributed by atoms with Crippen molar-refractivity contribution in [3.05, 3.63) is 35.9 Å². The van der Waals surface area contributed by atoms with E-state index in [1.807, 2.05) is 0 Å². The number of rotatable bonds is 16. The van der Waals surface area contributed by atoms with Crippen LogP contribution in [0.2, 0.25) is 0 Å². The number of benzene rings is 1. The second-order valence-corrected chi connectivity index (χ2v) is 8.92. The fraction of sp³-hybridized carbons (Fsp3) is 0.500. The van der Waals surface area contributed by atoms with Gasteiger partial charge in [-0.05, 0) is 24.3 Å². The Balaban J connectivity index is 3.06. The van der Waals surface area contributed by atoms with Crippen molar-refractivity contribution in [3.63, 3.8) is 0 Å². The summed E-state index contributed by atoms with van der Waals surface area (Å²) < 4.78 is 0. The van der Waals surface area contributed by atoms with Crippen molar-refractivity contribution >= 4 is 35.6 Å². The SMILES string of the molecule is CC(C)C(NC(=O)C(N)CCC(N)=O)C(=O)NC(Cc1ccccc1)C(=O)NC(CCC(=O)O)C(=O)O. The third-order valence-electron chi connectivity index (χ3n) is 5.46. The van der Waals surface area contributed by atoms with E-state index in [0.717, 1.165) is 0 Å². The summed E-state index contributed by atoms with van der Waals surface area (Å²) in [7, 11) is 0. The van der Waals surface area contributed by atoms with E-state index >= 15 is 0 Å². The number of nitrogens with two attached hydrogens (primary N) is 2. The zero-order valence-electron chi connectivity index (χ0n) is 20.8. The van der Waals surface area contributed by atoms with Crippen LogP contribution in [0.1, 0.15) is 45.1 Å². The predicted molar refractivity (Wildman–Crippen MR) is 132 cm³/mol. The predicted octanol–water partition coefficient (Wildman–Crippen LogP) is -1.12. The molecule has 13 heteroatoms. The van der Waals surface area contributed by atoms with E-state index in [-0.39, 0.29) is 25.7 Å². The molecule has 1 rings (SSSR count). The first-order valence-corrected chi connectivity index (χ1v) is 11.7. The summed E-state index contributed by atoms with van der Waals surface area (Å²) in [6.45, 7) is 3.33. The Bertz CT molecular complexity index is 969. The minimum atomic E-state index is -1.48. The second-order valence-electron chi connectivity index (χ2n) is 8.92. The van der Waals surface area contributed by atoms with Crippen LogP contribution in [0.4, 0.5) is 0 Å². The van der Waals surface area contributed by atoms with Gasteiger partial charge in [-0.3, -0.25) is 24.0 Å². The van der Waals surface area contributed by atoms with Crippen molar-refractivity contribution in [2.75, 3.05) is 0 Å². The Morgan fingerprint density at radius 1 is 0.811 bits per heavy atom. The lowest BCUT2D eigenvalue weighted by atomic mass is 10.00. The van der Waals surface area contributed by atoms with Crippen molar-refractivity contribution in [1.29, 1.82) is 0 Å². The van der Waals surface area contributed by atoms with E-state index in [1.54, 1.807) is 44.2 Å². The molecule has 0 aliphatic rings. The first kappa shape index (κ1) is 31.0. The summed E-state index contributed by atoms with van der Waals surface area (Å²) in [5.74, 6) is -5.91. The quantitative estimate of drug-likeness (QED) is 0.139. The van der Waals surface area contributed by atoms with Gasteiger partial charge >= 0.3 is 11.9 Å². The number of primary amides is 1. The number of carboxylic acids is 2. The van der Waals surface area contributed by atoms with Crippen LogP contribution in [0.3, 0.4) is 0 Å². The largest absolute Gasteiger partial charge is 0.481 e. The Morgan fingerprint density at radius 2 is 1.41 bits per heavy atom. The Morgan fingerprint density at radius 3 is 1.92 bits per heavy atom. The number of carbonyl (C=O) groups is 6. The highest BCUT2D eigenvalue weighted by atomic mass is 16.4. The van der Waals surface area contributed by atoms with Crippen LogP contribution in [-0.2, 0) is 35.2 Å². The van der Waals surface area contributed by atoms with E-state index < -0.39 is 72.1 Å². The van der Waals surface area contributed by atoms with Crippen LogP contribution in [0, 0.1) is 5.92 Å². The molecule has 0 heterocycles. The van der Waals surface area contributed by atoms with Crippen molar-refractivity contribution < 1.29 is 39.0 Å². The van der Waals surface area contributed by atoms with Gasteiger partial charge in [-0.15, -0.1) is 0 Å². The maximum Gasteiger partial charge on any atom is 0.326 e. The van der Waals surface area contributed by atoms with Gasteiger partial charge in [-0.25, -0.2) is 4.79 Å². The molecule has 9 N–H and O–H groups in total. The van der Waals surface area contributed by atoms with Gasteiger partial charge in [-0.2, -0.15) is 0 Å². The number of amides is 4. The first-order valence-electron chi connectivity index (χ1n) is 11.7. The molecule has 1 aromatic rings. The van der Waals surface area contributed by atoms with Crippen LogP contribution in [-0.4, -0.2) is 69.9 Å². The van der Waals surface area contributed by atoms with E-state index in [1.165, 1.54) is 0 Å². The summed E-state index contributed by atoms with van der Waals surface area (Å²) in [6, 6.07) is 3.74. The molecule has 13 nitrogen and oxygen atoms in total. The van der Waals surface area contributed by atoms with E-state index in [9.17, 15) is 33.9 Å². The maximum atomic E-state index is 13.1. The molecule has 0 bridgehead atoms. The lowest BCUT2D eigenvalue weighted by Crippen LogP contribution is -2.59. The standard InChI is InChI=1S/C24H35N5O8/c1-13(2)20(29-21(33)15(25)8-10-18(26)30)23(35)28-17(12-14-6-4-3-5-7-14)22(34)27-16(24(36)37)9-11-19(31)32/h3-7,13,15-17,20H,8-12,25H2,1-2H3,(H2,26,30)(H,27,34)(H,28,35)(H,29,33)(H,31,32)(H,36,37). The fourth-order valence-electron chi connectivity index (χ4n) is 3.34.